The van der Waals surface area contributed by atoms with Crippen molar-refractivity contribution < 1.29 is 5.11 Å². The van der Waals surface area contributed by atoms with Gasteiger partial charge in [-0.2, -0.15) is 0 Å². The second kappa shape index (κ2) is 5.10. The van der Waals surface area contributed by atoms with E-state index in [0.717, 1.165) is 13.0 Å². The first-order valence-corrected chi connectivity index (χ1v) is 4.32. The highest BCUT2D eigenvalue weighted by Crippen LogP contribution is 2.16. The van der Waals surface area contributed by atoms with Gasteiger partial charge in [0, 0.05) is 30.8 Å². The van der Waals surface area contributed by atoms with E-state index in [1.54, 1.807) is 6.20 Å². The lowest BCUT2D eigenvalue weighted by Gasteiger charge is -1.96. The maximum absolute atomic E-state index is 9.24. The number of nitrogens with zero attached hydrogens (tertiary/aromatic N) is 1. The molecule has 0 radical (unpaired) electrons. The molecule has 0 spiro atoms. The van der Waals surface area contributed by atoms with E-state index in [1.165, 1.54) is 6.07 Å². The van der Waals surface area contributed by atoms with Crippen molar-refractivity contribution in [1.29, 1.82) is 0 Å². The zero-order chi connectivity index (χ0) is 10.4. The Balaban J connectivity index is 2.66. The highest BCUT2D eigenvalue weighted by atomic mass is 16.3. The maximum Gasteiger partial charge on any atom is 0.165 e. The number of aromatic nitrogens is 1. The Morgan fingerprint density at radius 3 is 3.07 bits per heavy atom. The SMILES string of the molecule is CNCCC#Cc1cnc(N)c(O)c1. The summed E-state index contributed by atoms with van der Waals surface area (Å²) in [6, 6.07) is 1.51. The molecule has 0 fully saturated rings. The van der Waals surface area contributed by atoms with E-state index in [1.807, 2.05) is 7.05 Å². The number of pyridine rings is 1. The minimum Gasteiger partial charge on any atom is -0.504 e. The van der Waals surface area contributed by atoms with Gasteiger partial charge in [-0.05, 0) is 7.05 Å². The average molecular weight is 191 g/mol. The first kappa shape index (κ1) is 10.4. The lowest BCUT2D eigenvalue weighted by Crippen LogP contribution is -2.05. The summed E-state index contributed by atoms with van der Waals surface area (Å²) in [5.41, 5.74) is 6.02. The summed E-state index contributed by atoms with van der Waals surface area (Å²) in [5, 5.41) is 12.2. The van der Waals surface area contributed by atoms with E-state index >= 15 is 0 Å². The molecule has 0 bridgehead atoms. The van der Waals surface area contributed by atoms with Crippen LogP contribution in [0.2, 0.25) is 0 Å². The van der Waals surface area contributed by atoms with Crippen LogP contribution in [0.1, 0.15) is 12.0 Å². The van der Waals surface area contributed by atoms with Crippen molar-refractivity contribution in [2.24, 2.45) is 0 Å². The van der Waals surface area contributed by atoms with E-state index in [9.17, 15) is 5.11 Å². The van der Waals surface area contributed by atoms with Gasteiger partial charge in [-0.1, -0.05) is 11.8 Å². The molecule has 1 aromatic heterocycles. The number of hydrogen-bond donors (Lipinski definition) is 3. The van der Waals surface area contributed by atoms with Crippen LogP contribution in [0.5, 0.6) is 5.75 Å². The van der Waals surface area contributed by atoms with Crippen LogP contribution >= 0.6 is 0 Å². The molecule has 74 valence electrons. The molecule has 14 heavy (non-hydrogen) atoms. The number of rotatable bonds is 2. The van der Waals surface area contributed by atoms with Crippen molar-refractivity contribution in [1.82, 2.24) is 10.3 Å². The van der Waals surface area contributed by atoms with Crippen molar-refractivity contribution in [3.05, 3.63) is 17.8 Å². The van der Waals surface area contributed by atoms with Gasteiger partial charge in [-0.25, -0.2) is 4.98 Å². The summed E-state index contributed by atoms with van der Waals surface area (Å²) >= 11 is 0. The first-order valence-electron chi connectivity index (χ1n) is 4.32. The number of nitrogens with two attached hydrogens (primary N) is 1. The fourth-order valence-electron chi connectivity index (χ4n) is 0.884. The minimum atomic E-state index is -0.0228. The smallest absolute Gasteiger partial charge is 0.165 e. The lowest BCUT2D eigenvalue weighted by molar-refractivity contribution is 0.475. The van der Waals surface area contributed by atoms with Crippen LogP contribution in [0.4, 0.5) is 5.82 Å². The number of nitrogens with one attached hydrogen (secondary N) is 1. The van der Waals surface area contributed by atoms with Crippen LogP contribution in [0.15, 0.2) is 12.3 Å². The fourth-order valence-corrected chi connectivity index (χ4v) is 0.884. The van der Waals surface area contributed by atoms with Crippen LogP contribution < -0.4 is 11.1 Å². The molecule has 0 aromatic carbocycles. The molecule has 0 unspecified atom stereocenters. The molecule has 0 atom stereocenters. The molecule has 0 amide bonds. The zero-order valence-electron chi connectivity index (χ0n) is 8.04. The van der Waals surface area contributed by atoms with Crippen molar-refractivity contribution in [2.45, 2.75) is 6.42 Å². The van der Waals surface area contributed by atoms with Gasteiger partial charge >= 0.3 is 0 Å². The van der Waals surface area contributed by atoms with E-state index in [4.69, 9.17) is 5.73 Å². The maximum atomic E-state index is 9.24. The Labute approximate surface area is 83.2 Å². The molecule has 1 heterocycles. The first-order chi connectivity index (χ1) is 6.74. The predicted molar refractivity (Wildman–Crippen MR) is 55.7 cm³/mol. The van der Waals surface area contributed by atoms with Crippen LogP contribution in [-0.4, -0.2) is 23.7 Å². The highest BCUT2D eigenvalue weighted by molar-refractivity contribution is 5.49. The van der Waals surface area contributed by atoms with E-state index in [-0.39, 0.29) is 11.6 Å². The molecule has 0 saturated carbocycles. The summed E-state index contributed by atoms with van der Waals surface area (Å²) in [6.07, 6.45) is 2.31. The van der Waals surface area contributed by atoms with Crippen LogP contribution in [-0.2, 0) is 0 Å². The van der Waals surface area contributed by atoms with E-state index in [0.29, 0.717) is 5.56 Å². The van der Waals surface area contributed by atoms with Crippen molar-refractivity contribution >= 4 is 5.82 Å². The average Bonchev–Trinajstić information content (AvgIpc) is 2.18. The Morgan fingerprint density at radius 1 is 1.64 bits per heavy atom. The van der Waals surface area contributed by atoms with Crippen molar-refractivity contribution in [2.75, 3.05) is 19.3 Å². The molecule has 0 saturated heterocycles. The van der Waals surface area contributed by atoms with Gasteiger partial charge in [0.25, 0.3) is 0 Å². The second-order valence-electron chi connectivity index (χ2n) is 2.78. The predicted octanol–water partition coefficient (Wildman–Crippen LogP) is 0.330. The van der Waals surface area contributed by atoms with E-state index in [2.05, 4.69) is 22.1 Å². The largest absolute Gasteiger partial charge is 0.504 e. The van der Waals surface area contributed by atoms with Gasteiger partial charge in [-0.3, -0.25) is 0 Å². The molecular weight excluding hydrogens is 178 g/mol. The number of nitrogen functional groups attached to an aromatic ring is 1. The molecule has 4 nitrogen and oxygen atoms in total. The molecule has 0 aliphatic carbocycles. The van der Waals surface area contributed by atoms with Gasteiger partial charge in [0.2, 0.25) is 0 Å². The van der Waals surface area contributed by atoms with Gasteiger partial charge in [0.1, 0.15) is 0 Å². The Morgan fingerprint density at radius 2 is 2.43 bits per heavy atom. The van der Waals surface area contributed by atoms with Crippen molar-refractivity contribution in [3.8, 4) is 17.6 Å². The van der Waals surface area contributed by atoms with Gasteiger partial charge in [-0.15, -0.1) is 0 Å². The third-order valence-corrected chi connectivity index (χ3v) is 1.63. The molecule has 1 aromatic rings. The Kier molecular flexibility index (Phi) is 3.77. The summed E-state index contributed by atoms with van der Waals surface area (Å²) in [5.74, 6) is 5.93. The zero-order valence-corrected chi connectivity index (χ0v) is 8.04. The van der Waals surface area contributed by atoms with Gasteiger partial charge < -0.3 is 16.2 Å². The van der Waals surface area contributed by atoms with Gasteiger partial charge in [0.15, 0.2) is 11.6 Å². The van der Waals surface area contributed by atoms with Crippen LogP contribution in [0, 0.1) is 11.8 Å². The molecule has 4 heteroatoms. The monoisotopic (exact) mass is 191 g/mol. The minimum absolute atomic E-state index is 0.0228. The molecule has 0 aliphatic rings. The molecule has 4 N–H and O–H groups in total. The van der Waals surface area contributed by atoms with Crippen LogP contribution in [0.25, 0.3) is 0 Å². The third-order valence-electron chi connectivity index (χ3n) is 1.63. The molecule has 0 aliphatic heterocycles. The van der Waals surface area contributed by atoms with Gasteiger partial charge in [0.05, 0.1) is 0 Å². The third kappa shape index (κ3) is 2.96. The topological polar surface area (TPSA) is 71.2 Å². The quantitative estimate of drug-likeness (QED) is 0.465. The Hall–Kier alpha value is -1.73. The summed E-state index contributed by atoms with van der Waals surface area (Å²) in [6.45, 7) is 0.849. The lowest BCUT2D eigenvalue weighted by atomic mass is 10.2. The normalized spacial score (nSPS) is 9.21. The highest BCUT2D eigenvalue weighted by Gasteiger charge is 1.96. The summed E-state index contributed by atoms with van der Waals surface area (Å²) in [4.78, 5) is 3.79. The number of hydrogen-bond acceptors (Lipinski definition) is 4. The number of aromatic hydroxyl groups is 1. The summed E-state index contributed by atoms with van der Waals surface area (Å²) < 4.78 is 0. The molecule has 1 rings (SSSR count). The summed E-state index contributed by atoms with van der Waals surface area (Å²) in [7, 11) is 1.87. The van der Waals surface area contributed by atoms with E-state index < -0.39 is 0 Å². The molecular formula is C10H13N3O. The number of anilines is 1. The second-order valence-corrected chi connectivity index (χ2v) is 2.78. The fraction of sp³-hybridized carbons (Fsp3) is 0.300. The van der Waals surface area contributed by atoms with Crippen LogP contribution in [0.3, 0.4) is 0 Å². The van der Waals surface area contributed by atoms with Crippen molar-refractivity contribution in [3.63, 3.8) is 0 Å². The Bertz CT molecular complexity index is 365. The standard InChI is InChI=1S/C10H13N3O/c1-12-5-3-2-4-8-6-9(14)10(11)13-7-8/h6-7,12,14H,3,5H2,1H3,(H2,11,13).